The molecule has 142 valence electrons. The van der Waals surface area contributed by atoms with Gasteiger partial charge in [-0.05, 0) is 61.5 Å². The molecule has 2 aromatic heterocycles. The average molecular weight is 387 g/mol. The van der Waals surface area contributed by atoms with Crippen molar-refractivity contribution >= 4 is 12.2 Å². The number of aromatic nitrogens is 3. The van der Waals surface area contributed by atoms with Crippen molar-refractivity contribution in [3.05, 3.63) is 46.9 Å². The zero-order chi connectivity index (χ0) is 18.6. The van der Waals surface area contributed by atoms with Crippen molar-refractivity contribution in [3.63, 3.8) is 0 Å². The van der Waals surface area contributed by atoms with E-state index in [4.69, 9.17) is 30.8 Å². The molecule has 7 nitrogen and oxygen atoms in total. The van der Waals surface area contributed by atoms with Crippen LogP contribution in [-0.4, -0.2) is 34.6 Å². The quantitative estimate of drug-likeness (QED) is 0.619. The summed E-state index contributed by atoms with van der Waals surface area (Å²) in [5.74, 6) is 3.56. The highest BCUT2D eigenvalue weighted by Gasteiger charge is 2.20. The highest BCUT2D eigenvalue weighted by Crippen LogP contribution is 2.24. The van der Waals surface area contributed by atoms with Crippen LogP contribution in [0.2, 0.25) is 0 Å². The number of furan rings is 1. The second-order valence-corrected chi connectivity index (χ2v) is 6.71. The Labute approximate surface area is 161 Å². The second-order valence-electron chi connectivity index (χ2n) is 6.33. The van der Waals surface area contributed by atoms with E-state index in [0.29, 0.717) is 35.3 Å². The number of H-pyrrole nitrogens is 1. The van der Waals surface area contributed by atoms with Crippen molar-refractivity contribution in [2.75, 3.05) is 13.7 Å². The van der Waals surface area contributed by atoms with Gasteiger partial charge in [0.1, 0.15) is 23.9 Å². The van der Waals surface area contributed by atoms with Gasteiger partial charge in [-0.15, -0.1) is 0 Å². The lowest BCUT2D eigenvalue weighted by atomic mass is 10.2. The Morgan fingerprint density at radius 3 is 2.78 bits per heavy atom. The van der Waals surface area contributed by atoms with Crippen LogP contribution in [0.4, 0.5) is 0 Å². The minimum atomic E-state index is 0.167. The van der Waals surface area contributed by atoms with Gasteiger partial charge in [-0.2, -0.15) is 5.10 Å². The Morgan fingerprint density at radius 2 is 2.04 bits per heavy atom. The van der Waals surface area contributed by atoms with E-state index in [1.165, 1.54) is 0 Å². The van der Waals surface area contributed by atoms with Gasteiger partial charge < -0.3 is 18.6 Å². The summed E-state index contributed by atoms with van der Waals surface area (Å²) >= 11 is 5.36. The van der Waals surface area contributed by atoms with E-state index < -0.39 is 0 Å². The van der Waals surface area contributed by atoms with E-state index in [1.54, 1.807) is 7.11 Å². The van der Waals surface area contributed by atoms with Crippen molar-refractivity contribution < 1.29 is 18.6 Å². The molecule has 1 fully saturated rings. The minimum Gasteiger partial charge on any atom is -0.497 e. The van der Waals surface area contributed by atoms with Gasteiger partial charge in [0.15, 0.2) is 16.4 Å². The molecule has 3 heterocycles. The summed E-state index contributed by atoms with van der Waals surface area (Å²) in [6.45, 7) is 1.80. The maximum absolute atomic E-state index is 5.91. The molecule has 1 saturated heterocycles. The Morgan fingerprint density at radius 1 is 1.22 bits per heavy atom. The lowest BCUT2D eigenvalue weighted by molar-refractivity contribution is 0.0969. The smallest absolute Gasteiger partial charge is 0.198 e. The molecule has 8 heteroatoms. The van der Waals surface area contributed by atoms with Crippen LogP contribution in [0.1, 0.15) is 18.6 Å². The van der Waals surface area contributed by atoms with Crippen LogP contribution in [-0.2, 0) is 17.9 Å². The predicted molar refractivity (Wildman–Crippen MR) is 101 cm³/mol. The highest BCUT2D eigenvalue weighted by molar-refractivity contribution is 7.71. The fourth-order valence-corrected chi connectivity index (χ4v) is 3.28. The summed E-state index contributed by atoms with van der Waals surface area (Å²) in [6.07, 6.45) is 2.28. The summed E-state index contributed by atoms with van der Waals surface area (Å²) in [4.78, 5) is 0. The molecule has 1 atom stereocenters. The van der Waals surface area contributed by atoms with E-state index in [0.717, 1.165) is 30.9 Å². The molecule has 27 heavy (non-hydrogen) atoms. The first-order valence-electron chi connectivity index (χ1n) is 8.85. The summed E-state index contributed by atoms with van der Waals surface area (Å²) in [5, 5.41) is 7.17. The molecule has 0 amide bonds. The second kappa shape index (κ2) is 7.98. The van der Waals surface area contributed by atoms with E-state index in [-0.39, 0.29) is 6.10 Å². The molecule has 1 aliphatic heterocycles. The number of methoxy groups -OCH3 is 1. The topological polar surface area (TPSA) is 74.4 Å². The van der Waals surface area contributed by atoms with E-state index >= 15 is 0 Å². The predicted octanol–water partition coefficient (Wildman–Crippen LogP) is 3.97. The third-order valence-electron chi connectivity index (χ3n) is 4.49. The van der Waals surface area contributed by atoms with Crippen LogP contribution in [0.3, 0.4) is 0 Å². The monoisotopic (exact) mass is 387 g/mol. The Bertz CT molecular complexity index is 939. The van der Waals surface area contributed by atoms with Crippen LogP contribution >= 0.6 is 12.2 Å². The van der Waals surface area contributed by atoms with Crippen LogP contribution < -0.4 is 9.47 Å². The summed E-state index contributed by atoms with van der Waals surface area (Å²) < 4.78 is 25.0. The van der Waals surface area contributed by atoms with E-state index in [1.807, 2.05) is 41.0 Å². The fraction of sp³-hybridized carbons (Fsp3) is 0.368. The standard InChI is InChI=1S/C19H21N3O4S/c1-23-13-4-6-14(7-5-13)25-12-16-8-9-17(26-16)18-20-21-19(27)22(18)11-15-3-2-10-24-15/h4-9,15H,2-3,10-12H2,1H3,(H,21,27)/t15-/m0/s1. The van der Waals surface area contributed by atoms with Gasteiger partial charge in [0.05, 0.1) is 19.8 Å². The minimum absolute atomic E-state index is 0.167. The summed E-state index contributed by atoms with van der Waals surface area (Å²) in [6, 6.07) is 11.2. The van der Waals surface area contributed by atoms with Crippen molar-refractivity contribution in [2.24, 2.45) is 0 Å². The molecular weight excluding hydrogens is 366 g/mol. The van der Waals surface area contributed by atoms with Gasteiger partial charge in [-0.1, -0.05) is 0 Å². The van der Waals surface area contributed by atoms with Crippen LogP contribution in [0, 0.1) is 4.77 Å². The first-order valence-corrected chi connectivity index (χ1v) is 9.26. The van der Waals surface area contributed by atoms with E-state index in [9.17, 15) is 0 Å². The molecule has 1 N–H and O–H groups in total. The molecule has 0 aliphatic carbocycles. The Kier molecular flexibility index (Phi) is 5.26. The molecular formula is C19H21N3O4S. The van der Waals surface area contributed by atoms with Gasteiger partial charge in [-0.3, -0.25) is 9.67 Å². The molecule has 1 aromatic carbocycles. The van der Waals surface area contributed by atoms with Crippen molar-refractivity contribution in [1.29, 1.82) is 0 Å². The Hall–Kier alpha value is -2.58. The zero-order valence-electron chi connectivity index (χ0n) is 15.0. The largest absolute Gasteiger partial charge is 0.497 e. The van der Waals surface area contributed by atoms with Gasteiger partial charge in [0.2, 0.25) is 0 Å². The number of ether oxygens (including phenoxy) is 3. The SMILES string of the molecule is COc1ccc(OCc2ccc(-c3n[nH]c(=S)n3C[C@@H]3CCCO3)o2)cc1. The number of aromatic amines is 1. The van der Waals surface area contributed by atoms with Crippen LogP contribution in [0.5, 0.6) is 11.5 Å². The van der Waals surface area contributed by atoms with Crippen molar-refractivity contribution in [2.45, 2.75) is 32.1 Å². The third-order valence-corrected chi connectivity index (χ3v) is 4.80. The van der Waals surface area contributed by atoms with Crippen molar-refractivity contribution in [3.8, 4) is 23.1 Å². The van der Waals surface area contributed by atoms with Crippen LogP contribution in [0.15, 0.2) is 40.8 Å². The van der Waals surface area contributed by atoms with Gasteiger partial charge in [0, 0.05) is 6.61 Å². The summed E-state index contributed by atoms with van der Waals surface area (Å²) in [7, 11) is 1.63. The van der Waals surface area contributed by atoms with Gasteiger partial charge >= 0.3 is 0 Å². The molecule has 4 rings (SSSR count). The fourth-order valence-electron chi connectivity index (χ4n) is 3.07. The molecule has 1 aliphatic rings. The first kappa shape index (κ1) is 17.8. The summed E-state index contributed by atoms with van der Waals surface area (Å²) in [5.41, 5.74) is 0. The lowest BCUT2D eigenvalue weighted by Gasteiger charge is -2.11. The zero-order valence-corrected chi connectivity index (χ0v) is 15.8. The van der Waals surface area contributed by atoms with Crippen LogP contribution in [0.25, 0.3) is 11.6 Å². The number of hydrogen-bond acceptors (Lipinski definition) is 6. The van der Waals surface area contributed by atoms with Gasteiger partial charge in [0.25, 0.3) is 0 Å². The maximum atomic E-state index is 5.91. The number of rotatable bonds is 7. The molecule has 3 aromatic rings. The first-order chi connectivity index (χ1) is 13.2. The molecule has 0 saturated carbocycles. The molecule has 0 unspecified atom stereocenters. The normalized spacial score (nSPS) is 16.6. The number of nitrogens with one attached hydrogen (secondary N) is 1. The molecule has 0 spiro atoms. The van der Waals surface area contributed by atoms with E-state index in [2.05, 4.69) is 10.2 Å². The van der Waals surface area contributed by atoms with Gasteiger partial charge in [-0.25, -0.2) is 0 Å². The molecule has 0 radical (unpaired) electrons. The highest BCUT2D eigenvalue weighted by atomic mass is 32.1. The Balaban J connectivity index is 1.45. The molecule has 0 bridgehead atoms. The number of nitrogens with zero attached hydrogens (tertiary/aromatic N) is 2. The number of benzene rings is 1. The average Bonchev–Trinajstić information content (AvgIpc) is 3.44. The van der Waals surface area contributed by atoms with Crippen molar-refractivity contribution in [1.82, 2.24) is 14.8 Å². The maximum Gasteiger partial charge on any atom is 0.198 e. The lowest BCUT2D eigenvalue weighted by Crippen LogP contribution is -2.15. The third kappa shape index (κ3) is 4.06. The number of hydrogen-bond donors (Lipinski definition) is 1.